The van der Waals surface area contributed by atoms with E-state index in [1.165, 1.54) is 73.8 Å². The van der Waals surface area contributed by atoms with E-state index in [9.17, 15) is 35.8 Å². The van der Waals surface area contributed by atoms with Gasteiger partial charge in [-0.15, -0.1) is 0 Å². The number of halogens is 8. The van der Waals surface area contributed by atoms with E-state index in [1.54, 1.807) is 141 Å². The van der Waals surface area contributed by atoms with Gasteiger partial charge in [0.25, 0.3) is 0 Å². The van der Waals surface area contributed by atoms with Crippen molar-refractivity contribution in [2.75, 3.05) is 153 Å². The number of nitrogens with one attached hydrogen (secondary N) is 4. The Hall–Kier alpha value is -9.48. The fourth-order valence-electron chi connectivity index (χ4n) is 11.5. The molecule has 628 valence electrons. The Kier molecular flexibility index (Phi) is 33.6. The van der Waals surface area contributed by atoms with Gasteiger partial charge in [-0.2, -0.15) is 0 Å². The van der Waals surface area contributed by atoms with Gasteiger partial charge < -0.3 is 77.4 Å². The standard InChI is InChI=1S/C22H26ClFN3O3P.3C20H22ClFN3O3P/c1-4-31(28,5-2)10-6-9-30-21-12-16-19(13-20(21)29-3)25-14-26-22(16)27-15-7-8-18(24)17(23)11-15;3*1-27-18-11-17-14(10-19(18)28-7-4-8-29(2,3)26)20(24-12-23-17)25-13-5-6-16(22)15(21)9-13/h7-8,11-14H,4-6,9-10H2,1-3H3,(H,25,26,27);3*5-6,9-12H,4,7-8H2,1-3H3,(H,23,24,25). The lowest BCUT2D eigenvalue weighted by Crippen LogP contribution is -2.05. The molecular formula is C82H92Cl4F4N12O12P4. The van der Waals surface area contributed by atoms with E-state index < -0.39 is 51.8 Å². The molecule has 0 aliphatic heterocycles. The van der Waals surface area contributed by atoms with Crippen molar-refractivity contribution in [2.24, 2.45) is 0 Å². The van der Waals surface area contributed by atoms with Crippen LogP contribution in [0.5, 0.6) is 46.0 Å². The van der Waals surface area contributed by atoms with Crippen molar-refractivity contribution in [2.45, 2.75) is 39.5 Å². The number of fused-ring (bicyclic) bond motifs is 4. The minimum atomic E-state index is -2.09. The summed E-state index contributed by atoms with van der Waals surface area (Å²) in [5, 5.41) is 15.5. The number of hydrogen-bond donors (Lipinski definition) is 4. The molecule has 0 aliphatic carbocycles. The third-order valence-electron chi connectivity index (χ3n) is 17.8. The highest BCUT2D eigenvalue weighted by atomic mass is 35.5. The van der Waals surface area contributed by atoms with Crippen LogP contribution in [0, 0.1) is 23.3 Å². The van der Waals surface area contributed by atoms with Gasteiger partial charge in [0.1, 0.15) is 71.8 Å². The molecule has 118 heavy (non-hydrogen) atoms. The van der Waals surface area contributed by atoms with Gasteiger partial charge in [0.05, 0.1) is 126 Å². The second-order valence-electron chi connectivity index (χ2n) is 28.1. The van der Waals surface area contributed by atoms with E-state index in [-0.39, 0.29) is 20.1 Å². The molecule has 0 bridgehead atoms. The summed E-state index contributed by atoms with van der Waals surface area (Å²) in [5.41, 5.74) is 5.02. The Morgan fingerprint density at radius 1 is 0.314 bits per heavy atom. The molecule has 12 aromatic rings. The normalized spacial score (nSPS) is 11.5. The Morgan fingerprint density at radius 3 is 0.729 bits per heavy atom. The van der Waals surface area contributed by atoms with Crippen LogP contribution >= 0.6 is 75.0 Å². The molecule has 0 saturated heterocycles. The molecule has 24 nitrogen and oxygen atoms in total. The summed E-state index contributed by atoms with van der Waals surface area (Å²) in [5.74, 6) is 4.49. The van der Waals surface area contributed by atoms with Crippen molar-refractivity contribution in [1.29, 1.82) is 0 Å². The highest BCUT2D eigenvalue weighted by Crippen LogP contribution is 2.46. The maximum atomic E-state index is 13.5. The van der Waals surface area contributed by atoms with Crippen LogP contribution in [0.4, 0.5) is 63.6 Å². The second kappa shape index (κ2) is 43.0. The number of rotatable bonds is 34. The Balaban J connectivity index is 0.000000179. The molecule has 0 radical (unpaired) electrons. The average molecular weight is 1780 g/mol. The third kappa shape index (κ3) is 27.3. The van der Waals surface area contributed by atoms with Crippen molar-refractivity contribution >= 4 is 165 Å². The zero-order valence-electron chi connectivity index (χ0n) is 67.0. The van der Waals surface area contributed by atoms with Crippen LogP contribution < -0.4 is 59.2 Å². The molecule has 0 amide bonds. The van der Waals surface area contributed by atoms with Crippen LogP contribution in [0.3, 0.4) is 0 Å². The van der Waals surface area contributed by atoms with Gasteiger partial charge in [0.15, 0.2) is 46.0 Å². The molecule has 0 fully saturated rings. The van der Waals surface area contributed by atoms with E-state index in [2.05, 4.69) is 61.1 Å². The molecule has 0 atom stereocenters. The first-order valence-corrected chi connectivity index (χ1v) is 49.2. The lowest BCUT2D eigenvalue weighted by Gasteiger charge is -2.16. The average Bonchev–Trinajstić information content (AvgIpc) is 0.806. The topological polar surface area (TPSA) is 293 Å². The molecule has 0 spiro atoms. The summed E-state index contributed by atoms with van der Waals surface area (Å²) in [4.78, 5) is 34.3. The summed E-state index contributed by atoms with van der Waals surface area (Å²) in [7, 11) is -2.09. The highest BCUT2D eigenvalue weighted by molar-refractivity contribution is 7.64. The van der Waals surface area contributed by atoms with Gasteiger partial charge in [-0.1, -0.05) is 60.3 Å². The van der Waals surface area contributed by atoms with E-state index in [1.807, 2.05) is 13.8 Å². The van der Waals surface area contributed by atoms with Gasteiger partial charge >= 0.3 is 0 Å². The van der Waals surface area contributed by atoms with Gasteiger partial charge in [0, 0.05) is 93.2 Å². The zero-order chi connectivity index (χ0) is 85.5. The predicted molar refractivity (Wildman–Crippen MR) is 470 cm³/mol. The van der Waals surface area contributed by atoms with Crippen molar-refractivity contribution in [3.63, 3.8) is 0 Å². The minimum Gasteiger partial charge on any atom is -0.493 e. The van der Waals surface area contributed by atoms with Crippen LogP contribution in [-0.4, -0.2) is 172 Å². The monoisotopic (exact) mass is 1780 g/mol. The summed E-state index contributed by atoms with van der Waals surface area (Å²) in [6.07, 6.45) is 12.4. The fourth-order valence-corrected chi connectivity index (χ4v) is 16.7. The lowest BCUT2D eigenvalue weighted by atomic mass is 10.2. The third-order valence-corrected chi connectivity index (χ3v) is 26.6. The number of methoxy groups -OCH3 is 4. The fraction of sp³-hybridized carbons (Fsp3) is 0.317. The molecule has 0 unspecified atom stereocenters. The molecule has 12 rings (SSSR count). The van der Waals surface area contributed by atoms with Crippen LogP contribution in [0.1, 0.15) is 39.5 Å². The van der Waals surface area contributed by atoms with Crippen molar-refractivity contribution in [3.05, 3.63) is 190 Å². The lowest BCUT2D eigenvalue weighted by molar-refractivity contribution is 0.295. The molecule has 4 heterocycles. The van der Waals surface area contributed by atoms with Gasteiger partial charge in [-0.05, 0) is 175 Å². The number of ether oxygens (including phenoxy) is 8. The highest BCUT2D eigenvalue weighted by Gasteiger charge is 2.22. The van der Waals surface area contributed by atoms with Crippen LogP contribution in [0.15, 0.2) is 147 Å². The number of hydrogen-bond acceptors (Lipinski definition) is 24. The summed E-state index contributed by atoms with van der Waals surface area (Å²) in [6.45, 7) is 16.2. The minimum absolute atomic E-state index is 0.0168. The molecule has 4 N–H and O–H groups in total. The molecule has 36 heteroatoms. The SMILES string of the molecule is CCP(=O)(CC)CCCOc1cc2c(Nc3ccc(F)c(Cl)c3)ncnc2cc1OC.COc1cc2ncnc(Nc3ccc(F)c(Cl)c3)c2cc1OCCCP(C)(C)=O.COc1cc2ncnc(Nc3ccc(F)c(Cl)c3)c2cc1OCCCP(C)(C)=O.COc1cc2ncnc(Nc3ccc(F)c(Cl)c3)c2cc1OCCCP(C)(C)=O. The number of nitrogens with zero attached hydrogens (tertiary/aromatic N) is 8. The van der Waals surface area contributed by atoms with Crippen molar-refractivity contribution in [1.82, 2.24) is 39.9 Å². The Morgan fingerprint density at radius 2 is 0.534 bits per heavy atom. The molecule has 8 aromatic carbocycles. The maximum absolute atomic E-state index is 13.5. The predicted octanol–water partition coefficient (Wildman–Crippen LogP) is 23.0. The Labute approximate surface area is 702 Å². The van der Waals surface area contributed by atoms with Crippen molar-refractivity contribution < 1.29 is 73.7 Å². The number of anilines is 8. The van der Waals surface area contributed by atoms with E-state index in [4.69, 9.17) is 84.3 Å². The van der Waals surface area contributed by atoms with E-state index >= 15 is 0 Å². The number of aromatic nitrogens is 8. The molecular weight excluding hydrogens is 1690 g/mol. The molecule has 4 aromatic heterocycles. The van der Waals surface area contributed by atoms with E-state index in [0.717, 1.165) is 0 Å². The van der Waals surface area contributed by atoms with Gasteiger partial charge in [0.2, 0.25) is 0 Å². The quantitative estimate of drug-likeness (QED) is 0.0165. The van der Waals surface area contributed by atoms with Crippen LogP contribution in [0.2, 0.25) is 20.1 Å². The van der Waals surface area contributed by atoms with Gasteiger partial charge in [-0.25, -0.2) is 57.4 Å². The summed E-state index contributed by atoms with van der Waals surface area (Å²) >= 11 is 23.5. The zero-order valence-corrected chi connectivity index (χ0v) is 73.6. The molecule has 0 aliphatic rings. The van der Waals surface area contributed by atoms with Gasteiger partial charge in [-0.3, -0.25) is 0 Å². The van der Waals surface area contributed by atoms with E-state index in [0.29, 0.717) is 225 Å². The second-order valence-corrected chi connectivity index (χ2v) is 44.3. The summed E-state index contributed by atoms with van der Waals surface area (Å²) < 4.78 is 147. The first-order chi connectivity index (χ1) is 56.2. The number of benzene rings is 8. The maximum Gasteiger partial charge on any atom is 0.162 e. The summed E-state index contributed by atoms with van der Waals surface area (Å²) in [6, 6.07) is 31.6. The largest absolute Gasteiger partial charge is 0.493 e. The Bertz CT molecular complexity index is 5300. The van der Waals surface area contributed by atoms with Crippen LogP contribution in [-0.2, 0) is 18.3 Å². The smallest absolute Gasteiger partial charge is 0.162 e. The van der Waals surface area contributed by atoms with Crippen molar-refractivity contribution in [3.8, 4) is 46.0 Å². The first-order valence-electron chi connectivity index (χ1n) is 37.1. The van der Waals surface area contributed by atoms with Crippen LogP contribution in [0.25, 0.3) is 43.6 Å². The first kappa shape index (κ1) is 92.4. The molecule has 0 saturated carbocycles.